The fourth-order valence-corrected chi connectivity index (χ4v) is 6.36. The van der Waals surface area contributed by atoms with Crippen LogP contribution in [0.2, 0.25) is 0 Å². The Morgan fingerprint density at radius 3 is 1.39 bits per heavy atom. The first-order valence-corrected chi connectivity index (χ1v) is 13.7. The van der Waals surface area contributed by atoms with Gasteiger partial charge in [-0.15, -0.1) is 0 Å². The van der Waals surface area contributed by atoms with Crippen LogP contribution in [0.15, 0.2) is 121 Å². The average molecular weight is 535 g/mol. The van der Waals surface area contributed by atoms with E-state index in [0.29, 0.717) is 0 Å². The maximum atomic E-state index is 12.6. The number of carbonyl (C=O) groups is 2. The molecule has 4 nitrogen and oxygen atoms in total. The molecule has 0 amide bonds. The summed E-state index contributed by atoms with van der Waals surface area (Å²) in [6.07, 6.45) is -0.459. The SMILES string of the molecule is O=C(O)CC(C(=O)O)C1c2cc(-c3ccc4ccccc4c3)ccc2-c2ccc(-c3ccc4ccccc4c3)cc21. The molecule has 1 aliphatic rings. The van der Waals surface area contributed by atoms with Gasteiger partial charge >= 0.3 is 11.9 Å². The molecule has 0 bridgehead atoms. The Morgan fingerprint density at radius 1 is 0.537 bits per heavy atom. The van der Waals surface area contributed by atoms with E-state index < -0.39 is 30.2 Å². The molecule has 2 N–H and O–H groups in total. The molecule has 0 aliphatic heterocycles. The molecule has 1 atom stereocenters. The highest BCUT2D eigenvalue weighted by atomic mass is 16.4. The lowest BCUT2D eigenvalue weighted by molar-refractivity contribution is -0.148. The van der Waals surface area contributed by atoms with Crippen molar-refractivity contribution in [2.45, 2.75) is 12.3 Å². The van der Waals surface area contributed by atoms with Gasteiger partial charge in [-0.3, -0.25) is 9.59 Å². The van der Waals surface area contributed by atoms with Crippen molar-refractivity contribution in [1.29, 1.82) is 0 Å². The van der Waals surface area contributed by atoms with Crippen LogP contribution in [0, 0.1) is 5.92 Å². The molecule has 41 heavy (non-hydrogen) atoms. The summed E-state index contributed by atoms with van der Waals surface area (Å²) in [5.74, 6) is -3.92. The van der Waals surface area contributed by atoms with Crippen LogP contribution in [-0.2, 0) is 9.59 Å². The van der Waals surface area contributed by atoms with Crippen molar-refractivity contribution in [3.8, 4) is 33.4 Å². The van der Waals surface area contributed by atoms with E-state index in [1.165, 1.54) is 0 Å². The zero-order valence-electron chi connectivity index (χ0n) is 22.1. The highest BCUT2D eigenvalue weighted by molar-refractivity contribution is 5.92. The maximum absolute atomic E-state index is 12.6. The Balaban J connectivity index is 1.38. The number of aliphatic carboxylic acids is 2. The second-order valence-corrected chi connectivity index (χ2v) is 10.7. The first kappa shape index (κ1) is 24.8. The van der Waals surface area contributed by atoms with E-state index in [2.05, 4.69) is 84.9 Å². The van der Waals surface area contributed by atoms with Gasteiger partial charge in [0, 0.05) is 5.92 Å². The van der Waals surface area contributed by atoms with Crippen LogP contribution in [0.3, 0.4) is 0 Å². The van der Waals surface area contributed by atoms with Gasteiger partial charge in [-0.1, -0.05) is 97.1 Å². The van der Waals surface area contributed by atoms with Crippen LogP contribution in [0.25, 0.3) is 54.9 Å². The van der Waals surface area contributed by atoms with Gasteiger partial charge in [-0.2, -0.15) is 0 Å². The van der Waals surface area contributed by atoms with Gasteiger partial charge in [0.1, 0.15) is 0 Å². The van der Waals surface area contributed by atoms with E-state index in [1.807, 2.05) is 36.4 Å². The zero-order chi connectivity index (χ0) is 28.1. The molecule has 1 aliphatic carbocycles. The fraction of sp³-hybridized carbons (Fsp3) is 0.0811. The van der Waals surface area contributed by atoms with Gasteiger partial charge in [-0.05, 0) is 90.3 Å². The van der Waals surface area contributed by atoms with Crippen LogP contribution in [-0.4, -0.2) is 22.2 Å². The minimum absolute atomic E-state index is 0.459. The minimum Gasteiger partial charge on any atom is -0.481 e. The largest absolute Gasteiger partial charge is 0.481 e. The van der Waals surface area contributed by atoms with E-state index >= 15 is 0 Å². The molecule has 4 heteroatoms. The number of carboxylic acids is 2. The van der Waals surface area contributed by atoms with Crippen LogP contribution >= 0.6 is 0 Å². The van der Waals surface area contributed by atoms with Crippen molar-refractivity contribution in [2.75, 3.05) is 0 Å². The van der Waals surface area contributed by atoms with Gasteiger partial charge in [0.25, 0.3) is 0 Å². The smallest absolute Gasteiger partial charge is 0.308 e. The molecule has 6 aromatic carbocycles. The number of benzene rings is 6. The first-order valence-electron chi connectivity index (χ1n) is 13.7. The lowest BCUT2D eigenvalue weighted by Gasteiger charge is -2.22. The number of hydrogen-bond acceptors (Lipinski definition) is 2. The minimum atomic E-state index is -1.12. The highest BCUT2D eigenvalue weighted by Crippen LogP contribution is 2.51. The van der Waals surface area contributed by atoms with Gasteiger partial charge in [-0.25, -0.2) is 0 Å². The predicted molar refractivity (Wildman–Crippen MR) is 163 cm³/mol. The first-order chi connectivity index (χ1) is 20.0. The third kappa shape index (κ3) is 4.34. The molecule has 6 aromatic rings. The average Bonchev–Trinajstić information content (AvgIpc) is 3.31. The van der Waals surface area contributed by atoms with Crippen molar-refractivity contribution in [3.63, 3.8) is 0 Å². The van der Waals surface area contributed by atoms with Crippen molar-refractivity contribution in [2.24, 2.45) is 5.92 Å². The summed E-state index contributed by atoms with van der Waals surface area (Å²) in [5, 5.41) is 24.5. The van der Waals surface area contributed by atoms with Crippen LogP contribution in [0.5, 0.6) is 0 Å². The summed E-state index contributed by atoms with van der Waals surface area (Å²) >= 11 is 0. The number of fused-ring (bicyclic) bond motifs is 5. The van der Waals surface area contributed by atoms with E-state index in [4.69, 9.17) is 0 Å². The van der Waals surface area contributed by atoms with Crippen LogP contribution < -0.4 is 0 Å². The van der Waals surface area contributed by atoms with Crippen molar-refractivity contribution in [1.82, 2.24) is 0 Å². The molecule has 198 valence electrons. The third-order valence-electron chi connectivity index (χ3n) is 8.34. The molecule has 0 saturated heterocycles. The molecule has 0 saturated carbocycles. The third-order valence-corrected chi connectivity index (χ3v) is 8.34. The Bertz CT molecular complexity index is 1880. The molecule has 0 heterocycles. The summed E-state index contributed by atoms with van der Waals surface area (Å²) in [5.41, 5.74) is 7.63. The second-order valence-electron chi connectivity index (χ2n) is 10.7. The van der Waals surface area contributed by atoms with Gasteiger partial charge in [0.05, 0.1) is 12.3 Å². The fourth-order valence-electron chi connectivity index (χ4n) is 6.36. The lowest BCUT2D eigenvalue weighted by atomic mass is 9.81. The summed E-state index contributed by atoms with van der Waals surface area (Å²) in [4.78, 5) is 24.4. The molecule has 1 unspecified atom stereocenters. The van der Waals surface area contributed by atoms with E-state index in [-0.39, 0.29) is 0 Å². The molecule has 0 spiro atoms. The Labute approximate surface area is 237 Å². The van der Waals surface area contributed by atoms with Crippen molar-refractivity contribution < 1.29 is 19.8 Å². The summed E-state index contributed by atoms with van der Waals surface area (Å²) < 4.78 is 0. The van der Waals surface area contributed by atoms with E-state index in [1.54, 1.807) is 0 Å². The van der Waals surface area contributed by atoms with Gasteiger partial charge < -0.3 is 10.2 Å². The summed E-state index contributed by atoms with van der Waals surface area (Å²) in [6.45, 7) is 0. The molecule has 0 fully saturated rings. The Hall–Kier alpha value is -5.22. The maximum Gasteiger partial charge on any atom is 0.308 e. The monoisotopic (exact) mass is 534 g/mol. The standard InChI is InChI=1S/C37H26O4/c38-35(39)21-34(37(40)41)36-32-19-28(26-11-9-22-5-1-3-7-24(22)17-26)13-15-30(32)31-16-14-29(20-33(31)36)27-12-10-23-6-2-4-8-25(23)18-27/h1-20,34,36H,21H2,(H,38,39)(H,40,41). The van der Waals surface area contributed by atoms with E-state index in [9.17, 15) is 19.8 Å². The van der Waals surface area contributed by atoms with Crippen LogP contribution in [0.1, 0.15) is 23.5 Å². The van der Waals surface area contributed by atoms with E-state index in [0.717, 1.165) is 66.1 Å². The number of carboxylic acid groups (broad SMARTS) is 2. The number of rotatable bonds is 6. The van der Waals surface area contributed by atoms with Gasteiger partial charge in [0.2, 0.25) is 0 Å². The number of hydrogen-bond donors (Lipinski definition) is 2. The molecule has 0 aromatic heterocycles. The van der Waals surface area contributed by atoms with Crippen LogP contribution in [0.4, 0.5) is 0 Å². The quantitative estimate of drug-likeness (QED) is 0.224. The highest BCUT2D eigenvalue weighted by Gasteiger charge is 2.39. The topological polar surface area (TPSA) is 74.6 Å². The zero-order valence-corrected chi connectivity index (χ0v) is 22.1. The molecular formula is C37H26O4. The van der Waals surface area contributed by atoms with Crippen molar-refractivity contribution >= 4 is 33.5 Å². The Morgan fingerprint density at radius 2 is 0.951 bits per heavy atom. The van der Waals surface area contributed by atoms with Crippen molar-refractivity contribution in [3.05, 3.63) is 132 Å². The summed E-state index contributed by atoms with van der Waals surface area (Å²) in [6, 6.07) is 41.3. The molecule has 0 radical (unpaired) electrons. The predicted octanol–water partition coefficient (Wildman–Crippen LogP) is 8.61. The summed E-state index contributed by atoms with van der Waals surface area (Å²) in [7, 11) is 0. The normalized spacial score (nSPS) is 13.2. The second kappa shape index (κ2) is 9.76. The Kier molecular flexibility index (Phi) is 5.90. The lowest BCUT2D eigenvalue weighted by Crippen LogP contribution is -2.24. The van der Waals surface area contributed by atoms with Gasteiger partial charge in [0.15, 0.2) is 0 Å². The molecule has 7 rings (SSSR count). The molecular weight excluding hydrogens is 508 g/mol.